The van der Waals surface area contributed by atoms with E-state index >= 15 is 0 Å². The molecule has 0 aliphatic carbocycles. The van der Waals surface area contributed by atoms with Gasteiger partial charge in [0.2, 0.25) is 5.88 Å². The summed E-state index contributed by atoms with van der Waals surface area (Å²) in [7, 11) is 3.21. The second-order valence-electron chi connectivity index (χ2n) is 10.00. The first-order valence-electron chi connectivity index (χ1n) is 13.2. The molecule has 0 spiro atoms. The van der Waals surface area contributed by atoms with E-state index in [-0.39, 0.29) is 48.3 Å². The Hall–Kier alpha value is -4.62. The molecular weight excluding hydrogens is 527 g/mol. The molecule has 0 fully saturated rings. The van der Waals surface area contributed by atoms with E-state index < -0.39 is 12.1 Å². The topological polar surface area (TPSA) is 104 Å². The van der Waals surface area contributed by atoms with Crippen LogP contribution in [-0.2, 0) is 0 Å². The quantitative estimate of drug-likeness (QED) is 0.442. The third kappa shape index (κ3) is 7.32. The highest BCUT2D eigenvalue weighted by atomic mass is 19.1. The number of halogens is 1. The number of pyridine rings is 1. The number of carbonyl (C=O) groups is 2. The number of fused-ring (bicyclic) bond motifs is 1. The van der Waals surface area contributed by atoms with Crippen LogP contribution in [0.25, 0.3) is 0 Å². The molecule has 214 valence electrons. The zero-order chi connectivity index (χ0) is 29.5. The summed E-state index contributed by atoms with van der Waals surface area (Å²) in [6, 6.07) is 13.6. The summed E-state index contributed by atoms with van der Waals surface area (Å²) in [6.07, 6.45) is 0.991. The number of urea groups is 1. The number of hydrogen-bond donors (Lipinski definition) is 2. The Morgan fingerprint density at radius 3 is 2.68 bits per heavy atom. The van der Waals surface area contributed by atoms with Gasteiger partial charge in [0.1, 0.15) is 23.2 Å². The fraction of sp³-hybridized carbons (Fsp3) is 0.323. The fourth-order valence-electron chi connectivity index (χ4n) is 4.34. The number of carbonyl (C=O) groups excluding carboxylic acids is 2. The minimum atomic E-state index is -0.514. The zero-order valence-electron chi connectivity index (χ0n) is 23.4. The number of methoxy groups -OCH3 is 1. The van der Waals surface area contributed by atoms with E-state index in [0.717, 1.165) is 0 Å². The van der Waals surface area contributed by atoms with E-state index in [1.54, 1.807) is 68.4 Å². The van der Waals surface area contributed by atoms with Crippen molar-refractivity contribution < 1.29 is 28.6 Å². The molecule has 41 heavy (non-hydrogen) atoms. The molecule has 2 heterocycles. The van der Waals surface area contributed by atoms with Crippen molar-refractivity contribution in [2.24, 2.45) is 5.92 Å². The summed E-state index contributed by atoms with van der Waals surface area (Å²) in [4.78, 5) is 34.1. The maximum Gasteiger partial charge on any atom is 0.321 e. The van der Waals surface area contributed by atoms with Crippen LogP contribution in [0.3, 0.4) is 0 Å². The molecule has 4 rings (SSSR count). The number of aromatic nitrogens is 1. The number of likely N-dealkylation sites (N-methyl/N-ethyl adjacent to an activating group) is 1. The predicted molar refractivity (Wildman–Crippen MR) is 152 cm³/mol. The lowest BCUT2D eigenvalue weighted by Gasteiger charge is -2.37. The molecule has 0 bridgehead atoms. The Balaban J connectivity index is 1.59. The third-order valence-corrected chi connectivity index (χ3v) is 6.84. The van der Waals surface area contributed by atoms with Crippen molar-refractivity contribution in [2.75, 3.05) is 39.2 Å². The standard InChI is InChI=1S/C31H33FN4O5/c1-20-17-36(21(2)19-37)30(38)27-14-23(9-8-22-10-12-24(32)13-11-22)16-33-29(27)41-28(20)18-35(3)31(39)34-25-6-5-7-26(15-25)40-4/h5-7,10-16,20-21,28,37H,17-19H2,1-4H3,(H,34,39)/t20-,21+,28+/m1/s1. The summed E-state index contributed by atoms with van der Waals surface area (Å²) in [5.41, 5.74) is 1.88. The Morgan fingerprint density at radius 2 is 1.98 bits per heavy atom. The number of nitrogens with one attached hydrogen (secondary N) is 1. The zero-order valence-corrected chi connectivity index (χ0v) is 23.4. The number of nitrogens with zero attached hydrogens (tertiary/aromatic N) is 3. The minimum absolute atomic E-state index is 0.121. The molecule has 1 aromatic heterocycles. The van der Waals surface area contributed by atoms with Crippen LogP contribution < -0.4 is 14.8 Å². The molecule has 1 aliphatic rings. The van der Waals surface area contributed by atoms with Gasteiger partial charge in [0.25, 0.3) is 5.91 Å². The summed E-state index contributed by atoms with van der Waals surface area (Å²) in [6.45, 7) is 3.97. The van der Waals surface area contributed by atoms with Crippen LogP contribution in [0.15, 0.2) is 60.8 Å². The molecule has 0 saturated heterocycles. The maximum atomic E-state index is 13.6. The van der Waals surface area contributed by atoms with Crippen LogP contribution in [0, 0.1) is 23.6 Å². The van der Waals surface area contributed by atoms with Crippen molar-refractivity contribution in [3.63, 3.8) is 0 Å². The smallest absolute Gasteiger partial charge is 0.321 e. The van der Waals surface area contributed by atoms with Crippen LogP contribution in [0.5, 0.6) is 11.6 Å². The van der Waals surface area contributed by atoms with Crippen LogP contribution in [-0.4, -0.2) is 77.8 Å². The van der Waals surface area contributed by atoms with E-state index in [1.165, 1.54) is 23.2 Å². The van der Waals surface area contributed by atoms with E-state index in [0.29, 0.717) is 29.1 Å². The summed E-state index contributed by atoms with van der Waals surface area (Å²) in [5, 5.41) is 12.7. The Morgan fingerprint density at radius 1 is 1.24 bits per heavy atom. The maximum absolute atomic E-state index is 13.6. The van der Waals surface area contributed by atoms with Gasteiger partial charge in [-0.3, -0.25) is 4.79 Å². The highest BCUT2D eigenvalue weighted by Gasteiger charge is 2.34. The average molecular weight is 561 g/mol. The van der Waals surface area contributed by atoms with Crippen molar-refractivity contribution in [3.05, 3.63) is 83.3 Å². The van der Waals surface area contributed by atoms with E-state index in [2.05, 4.69) is 22.1 Å². The van der Waals surface area contributed by atoms with Gasteiger partial charge in [0.15, 0.2) is 0 Å². The van der Waals surface area contributed by atoms with Gasteiger partial charge in [-0.25, -0.2) is 14.2 Å². The van der Waals surface area contributed by atoms with E-state index in [4.69, 9.17) is 9.47 Å². The molecule has 3 atom stereocenters. The summed E-state index contributed by atoms with van der Waals surface area (Å²) >= 11 is 0. The number of amides is 3. The lowest BCUT2D eigenvalue weighted by molar-refractivity contribution is 0.0356. The minimum Gasteiger partial charge on any atom is -0.497 e. The highest BCUT2D eigenvalue weighted by molar-refractivity contribution is 5.97. The molecule has 0 saturated carbocycles. The monoisotopic (exact) mass is 560 g/mol. The fourth-order valence-corrected chi connectivity index (χ4v) is 4.34. The lowest BCUT2D eigenvalue weighted by atomic mass is 10.00. The molecule has 0 unspecified atom stereocenters. The van der Waals surface area contributed by atoms with E-state index in [1.807, 2.05) is 6.92 Å². The Kier molecular flexibility index (Phi) is 9.42. The molecule has 1 aliphatic heterocycles. The Labute approximate surface area is 238 Å². The average Bonchev–Trinajstić information content (AvgIpc) is 2.98. The molecule has 3 amide bonds. The normalized spacial score (nSPS) is 17.1. The lowest BCUT2D eigenvalue weighted by Crippen LogP contribution is -2.50. The van der Waals surface area contributed by atoms with Crippen molar-refractivity contribution in [1.29, 1.82) is 0 Å². The van der Waals surface area contributed by atoms with Crippen molar-refractivity contribution in [1.82, 2.24) is 14.8 Å². The van der Waals surface area contributed by atoms with Crippen molar-refractivity contribution in [2.45, 2.75) is 26.0 Å². The molecule has 2 N–H and O–H groups in total. The van der Waals surface area contributed by atoms with Crippen LogP contribution in [0.1, 0.15) is 35.3 Å². The van der Waals surface area contributed by atoms with Gasteiger partial charge in [-0.05, 0) is 49.4 Å². The number of aliphatic hydroxyl groups excluding tert-OH is 1. The first-order chi connectivity index (χ1) is 19.7. The van der Waals surface area contributed by atoms with Crippen LogP contribution >= 0.6 is 0 Å². The first-order valence-corrected chi connectivity index (χ1v) is 13.2. The van der Waals surface area contributed by atoms with Gasteiger partial charge in [0, 0.05) is 48.6 Å². The second kappa shape index (κ2) is 13.2. The molecule has 3 aromatic rings. The molecule has 0 radical (unpaired) electrons. The van der Waals surface area contributed by atoms with Gasteiger partial charge >= 0.3 is 6.03 Å². The first kappa shape index (κ1) is 29.4. The molecule has 2 aromatic carbocycles. The Bertz CT molecular complexity index is 1450. The number of rotatable bonds is 6. The van der Waals surface area contributed by atoms with Gasteiger partial charge in [-0.1, -0.05) is 24.8 Å². The number of aliphatic hydroxyl groups is 1. The number of hydrogen-bond acceptors (Lipinski definition) is 6. The van der Waals surface area contributed by atoms with E-state index in [9.17, 15) is 19.1 Å². The van der Waals surface area contributed by atoms with Gasteiger partial charge in [-0.2, -0.15) is 0 Å². The van der Waals surface area contributed by atoms with Gasteiger partial charge in [0.05, 0.1) is 26.3 Å². The van der Waals surface area contributed by atoms with Crippen LogP contribution in [0.4, 0.5) is 14.9 Å². The third-order valence-electron chi connectivity index (χ3n) is 6.84. The highest BCUT2D eigenvalue weighted by Crippen LogP contribution is 2.27. The number of anilines is 1. The molecule has 9 nitrogen and oxygen atoms in total. The van der Waals surface area contributed by atoms with Crippen molar-refractivity contribution in [3.8, 4) is 23.5 Å². The predicted octanol–water partition coefficient (Wildman–Crippen LogP) is 4.01. The summed E-state index contributed by atoms with van der Waals surface area (Å²) in [5.74, 6) is 5.75. The number of ether oxygens (including phenoxy) is 2. The number of benzene rings is 2. The van der Waals surface area contributed by atoms with Gasteiger partial charge in [-0.15, -0.1) is 0 Å². The van der Waals surface area contributed by atoms with Crippen LogP contribution in [0.2, 0.25) is 0 Å². The van der Waals surface area contributed by atoms with Gasteiger partial charge < -0.3 is 29.7 Å². The SMILES string of the molecule is COc1cccc(NC(=O)N(C)C[C@@H]2Oc3ncc(C#Cc4ccc(F)cc4)cc3C(=O)N([C@@H](C)CO)C[C@H]2C)c1. The largest absolute Gasteiger partial charge is 0.497 e. The molecular formula is C31H33FN4O5. The summed E-state index contributed by atoms with van der Waals surface area (Å²) < 4.78 is 24.7. The second-order valence-corrected chi connectivity index (χ2v) is 10.00. The molecule has 10 heteroatoms. The van der Waals surface area contributed by atoms with Crippen molar-refractivity contribution >= 4 is 17.6 Å².